The highest BCUT2D eigenvalue weighted by Crippen LogP contribution is 2.30. The second-order valence-electron chi connectivity index (χ2n) is 7.45. The molecule has 8 nitrogen and oxygen atoms in total. The fourth-order valence-electron chi connectivity index (χ4n) is 3.46. The van der Waals surface area contributed by atoms with Crippen molar-refractivity contribution < 1.29 is 9.72 Å². The van der Waals surface area contributed by atoms with E-state index >= 15 is 0 Å². The van der Waals surface area contributed by atoms with Crippen molar-refractivity contribution in [2.45, 2.75) is 32.7 Å². The number of hydrogen-bond donors (Lipinski definition) is 0. The maximum atomic E-state index is 13.3. The first-order valence-corrected chi connectivity index (χ1v) is 11.2. The number of rotatable bonds is 9. The van der Waals surface area contributed by atoms with E-state index in [1.54, 1.807) is 29.6 Å². The van der Waals surface area contributed by atoms with Gasteiger partial charge < -0.3 is 4.57 Å². The van der Waals surface area contributed by atoms with Crippen molar-refractivity contribution in [2.75, 3.05) is 11.4 Å². The van der Waals surface area contributed by atoms with Crippen LogP contribution in [0.5, 0.6) is 0 Å². The number of nitro benzene ring substituents is 1. The van der Waals surface area contributed by atoms with E-state index in [0.29, 0.717) is 11.7 Å². The molecule has 9 heteroatoms. The first-order chi connectivity index (χ1) is 15.5. The lowest BCUT2D eigenvalue weighted by atomic mass is 10.1. The molecule has 0 atom stereocenters. The highest BCUT2D eigenvalue weighted by Gasteiger charge is 2.20. The molecule has 164 valence electrons. The van der Waals surface area contributed by atoms with Gasteiger partial charge in [-0.05, 0) is 36.1 Å². The third kappa shape index (κ3) is 5.00. The lowest BCUT2D eigenvalue weighted by molar-refractivity contribution is -0.384. The number of carbonyl (C=O) groups is 1. The molecular formula is C23H23N5O3S. The predicted molar refractivity (Wildman–Crippen MR) is 125 cm³/mol. The van der Waals surface area contributed by atoms with Gasteiger partial charge in [0.15, 0.2) is 5.13 Å². The van der Waals surface area contributed by atoms with Crippen LogP contribution in [0.15, 0.2) is 61.2 Å². The minimum atomic E-state index is -0.445. The molecule has 0 N–H and O–H groups in total. The molecule has 0 radical (unpaired) electrons. The lowest BCUT2D eigenvalue weighted by Crippen LogP contribution is -2.33. The number of imidazole rings is 1. The van der Waals surface area contributed by atoms with E-state index in [0.717, 1.165) is 35.2 Å². The van der Waals surface area contributed by atoms with Gasteiger partial charge in [0.25, 0.3) is 5.69 Å². The van der Waals surface area contributed by atoms with E-state index in [1.807, 2.05) is 16.8 Å². The number of nitrogens with zero attached hydrogens (tertiary/aromatic N) is 5. The third-order valence-electron chi connectivity index (χ3n) is 5.24. The number of amides is 1. The summed E-state index contributed by atoms with van der Waals surface area (Å²) in [6.07, 6.45) is 7.23. The smallest absolute Gasteiger partial charge is 0.269 e. The zero-order valence-electron chi connectivity index (χ0n) is 17.7. The van der Waals surface area contributed by atoms with Crippen molar-refractivity contribution >= 4 is 38.3 Å². The maximum absolute atomic E-state index is 13.3. The van der Waals surface area contributed by atoms with E-state index in [2.05, 4.69) is 24.0 Å². The molecule has 0 aliphatic heterocycles. The zero-order chi connectivity index (χ0) is 22.5. The SMILES string of the molecule is CCc1ccc2nc(N(CCCn3ccnc3)C(=O)Cc3ccc([N+](=O)[O-])cc3)sc2c1. The molecule has 2 heterocycles. The quantitative estimate of drug-likeness (QED) is 0.274. The Morgan fingerprint density at radius 1 is 1.19 bits per heavy atom. The molecule has 32 heavy (non-hydrogen) atoms. The first-order valence-electron chi connectivity index (χ1n) is 10.4. The highest BCUT2D eigenvalue weighted by molar-refractivity contribution is 7.22. The Morgan fingerprint density at radius 2 is 1.97 bits per heavy atom. The summed E-state index contributed by atoms with van der Waals surface area (Å²) in [6.45, 7) is 3.37. The summed E-state index contributed by atoms with van der Waals surface area (Å²) in [6, 6.07) is 12.3. The topological polar surface area (TPSA) is 94.2 Å². The fourth-order valence-corrected chi connectivity index (χ4v) is 4.53. The number of carbonyl (C=O) groups excluding carboxylic acids is 1. The standard InChI is InChI=1S/C23H23N5O3S/c1-2-17-6-9-20-21(14-17)32-23(25-20)27(12-3-11-26-13-10-24-16-26)22(29)15-18-4-7-19(8-5-18)28(30)31/h4-10,13-14,16H,2-3,11-12,15H2,1H3. The minimum absolute atomic E-state index is 0.0105. The number of thiazole rings is 1. The molecule has 0 bridgehead atoms. The normalized spacial score (nSPS) is 11.0. The van der Waals surface area contributed by atoms with Crippen LogP contribution in [0.3, 0.4) is 0 Å². The molecule has 4 aromatic rings. The molecule has 0 unspecified atom stereocenters. The molecule has 0 fully saturated rings. The van der Waals surface area contributed by atoms with Gasteiger partial charge in [0.05, 0.1) is 27.9 Å². The number of nitro groups is 1. The monoisotopic (exact) mass is 449 g/mol. The maximum Gasteiger partial charge on any atom is 0.269 e. The summed E-state index contributed by atoms with van der Waals surface area (Å²) in [7, 11) is 0. The summed E-state index contributed by atoms with van der Waals surface area (Å²) in [5.74, 6) is -0.0840. The number of fused-ring (bicyclic) bond motifs is 1. The van der Waals surface area contributed by atoms with Crippen molar-refractivity contribution in [3.05, 3.63) is 82.4 Å². The molecule has 1 amide bonds. The van der Waals surface area contributed by atoms with Crippen molar-refractivity contribution in [2.24, 2.45) is 0 Å². The molecule has 0 saturated heterocycles. The van der Waals surface area contributed by atoms with Crippen LogP contribution in [0.1, 0.15) is 24.5 Å². The van der Waals surface area contributed by atoms with Gasteiger partial charge in [0.2, 0.25) is 5.91 Å². The third-order valence-corrected chi connectivity index (χ3v) is 6.28. The van der Waals surface area contributed by atoms with Crippen LogP contribution in [0.2, 0.25) is 0 Å². The van der Waals surface area contributed by atoms with Gasteiger partial charge in [0.1, 0.15) is 0 Å². The largest absolute Gasteiger partial charge is 0.337 e. The number of benzene rings is 2. The van der Waals surface area contributed by atoms with Crippen molar-refractivity contribution in [1.29, 1.82) is 0 Å². The first kappa shape index (κ1) is 21.6. The minimum Gasteiger partial charge on any atom is -0.337 e. The van der Waals surface area contributed by atoms with E-state index < -0.39 is 4.92 Å². The number of aromatic nitrogens is 3. The Balaban J connectivity index is 1.56. The molecule has 0 spiro atoms. The Kier molecular flexibility index (Phi) is 6.55. The van der Waals surface area contributed by atoms with Gasteiger partial charge in [-0.15, -0.1) is 0 Å². The molecule has 0 saturated carbocycles. The summed E-state index contributed by atoms with van der Waals surface area (Å²) in [5.41, 5.74) is 2.85. The van der Waals surface area contributed by atoms with Crippen LogP contribution in [-0.4, -0.2) is 31.9 Å². The Morgan fingerprint density at radius 3 is 2.66 bits per heavy atom. The molecule has 2 aromatic heterocycles. The van der Waals surface area contributed by atoms with Gasteiger partial charge in [-0.25, -0.2) is 9.97 Å². The second-order valence-corrected chi connectivity index (χ2v) is 8.46. The van der Waals surface area contributed by atoms with Gasteiger partial charge in [0, 0.05) is 37.6 Å². The number of aryl methyl sites for hydroxylation is 2. The van der Waals surface area contributed by atoms with Crippen LogP contribution in [0, 0.1) is 10.1 Å². The van der Waals surface area contributed by atoms with E-state index in [-0.39, 0.29) is 18.0 Å². The molecular weight excluding hydrogens is 426 g/mol. The van der Waals surface area contributed by atoms with Crippen LogP contribution < -0.4 is 4.90 Å². The summed E-state index contributed by atoms with van der Waals surface area (Å²) in [4.78, 5) is 34.2. The van der Waals surface area contributed by atoms with Crippen LogP contribution in [-0.2, 0) is 24.2 Å². The number of hydrogen-bond acceptors (Lipinski definition) is 6. The second kappa shape index (κ2) is 9.69. The van der Waals surface area contributed by atoms with Crippen LogP contribution >= 0.6 is 11.3 Å². The molecule has 2 aromatic carbocycles. The van der Waals surface area contributed by atoms with Crippen molar-refractivity contribution in [3.8, 4) is 0 Å². The zero-order valence-corrected chi connectivity index (χ0v) is 18.5. The number of non-ortho nitro benzene ring substituents is 1. The summed E-state index contributed by atoms with van der Waals surface area (Å²) in [5, 5.41) is 11.6. The molecule has 4 rings (SSSR count). The summed E-state index contributed by atoms with van der Waals surface area (Å²) >= 11 is 1.51. The van der Waals surface area contributed by atoms with E-state index in [1.165, 1.54) is 29.0 Å². The molecule has 0 aliphatic rings. The lowest BCUT2D eigenvalue weighted by Gasteiger charge is -2.20. The van der Waals surface area contributed by atoms with E-state index in [4.69, 9.17) is 4.98 Å². The van der Waals surface area contributed by atoms with Gasteiger partial charge in [-0.2, -0.15) is 0 Å². The predicted octanol–water partition coefficient (Wildman–Crippen LogP) is 4.63. The van der Waals surface area contributed by atoms with Crippen molar-refractivity contribution in [1.82, 2.24) is 14.5 Å². The average molecular weight is 450 g/mol. The Bertz CT molecular complexity index is 1220. The van der Waals surface area contributed by atoms with Gasteiger partial charge in [-0.3, -0.25) is 19.8 Å². The summed E-state index contributed by atoms with van der Waals surface area (Å²) < 4.78 is 3.03. The average Bonchev–Trinajstić information content (AvgIpc) is 3.46. The Labute approximate surface area is 189 Å². The van der Waals surface area contributed by atoms with Crippen molar-refractivity contribution in [3.63, 3.8) is 0 Å². The van der Waals surface area contributed by atoms with E-state index in [9.17, 15) is 14.9 Å². The van der Waals surface area contributed by atoms with Crippen LogP contribution in [0.25, 0.3) is 10.2 Å². The van der Waals surface area contributed by atoms with Crippen LogP contribution in [0.4, 0.5) is 10.8 Å². The highest BCUT2D eigenvalue weighted by atomic mass is 32.1. The van der Waals surface area contributed by atoms with Gasteiger partial charge >= 0.3 is 0 Å². The van der Waals surface area contributed by atoms with Gasteiger partial charge in [-0.1, -0.05) is 36.5 Å². The molecule has 0 aliphatic carbocycles. The fraction of sp³-hybridized carbons (Fsp3) is 0.261. The Hall–Kier alpha value is -3.59. The number of anilines is 1.